The molecule has 0 aliphatic carbocycles. The number of halogens is 4. The van der Waals surface area contributed by atoms with Crippen molar-refractivity contribution in [2.45, 2.75) is 25.4 Å². The van der Waals surface area contributed by atoms with E-state index in [2.05, 4.69) is 20.3 Å². The average molecular weight is 521 g/mol. The summed E-state index contributed by atoms with van der Waals surface area (Å²) in [6.45, 7) is 3.39. The summed E-state index contributed by atoms with van der Waals surface area (Å²) in [6, 6.07) is 12.3. The Morgan fingerprint density at radius 2 is 1.66 bits per heavy atom. The van der Waals surface area contributed by atoms with E-state index in [4.69, 9.17) is 0 Å². The molecule has 2 amide bonds. The molecule has 2 aromatic carbocycles. The first-order valence-corrected chi connectivity index (χ1v) is 11.4. The highest BCUT2D eigenvalue weighted by molar-refractivity contribution is 6.13. The Labute approximate surface area is 214 Å². The van der Waals surface area contributed by atoms with Crippen molar-refractivity contribution in [3.05, 3.63) is 95.8 Å². The summed E-state index contributed by atoms with van der Waals surface area (Å²) in [5.41, 5.74) is -1.44. The van der Waals surface area contributed by atoms with E-state index in [0.29, 0.717) is 16.8 Å². The van der Waals surface area contributed by atoms with Gasteiger partial charge in [0.15, 0.2) is 5.69 Å². The number of amides is 2. The number of carbonyl (C=O) groups is 2. The van der Waals surface area contributed by atoms with Gasteiger partial charge in [0.05, 0.1) is 16.7 Å². The molecular formula is C27H19F4N5O2. The summed E-state index contributed by atoms with van der Waals surface area (Å²) < 4.78 is 54.7. The highest BCUT2D eigenvalue weighted by Crippen LogP contribution is 2.49. The quantitative estimate of drug-likeness (QED) is 0.338. The molecule has 2 aromatic heterocycles. The zero-order valence-corrected chi connectivity index (χ0v) is 20.0. The smallest absolute Gasteiger partial charge is 0.322 e. The highest BCUT2D eigenvalue weighted by Gasteiger charge is 2.47. The van der Waals surface area contributed by atoms with E-state index in [1.54, 1.807) is 38.1 Å². The maximum atomic E-state index is 13.8. The number of hydrogen-bond acceptors (Lipinski definition) is 5. The van der Waals surface area contributed by atoms with Crippen LogP contribution >= 0.6 is 0 Å². The number of anilines is 3. The van der Waals surface area contributed by atoms with Crippen molar-refractivity contribution < 1.29 is 27.2 Å². The molecule has 3 heterocycles. The maximum Gasteiger partial charge on any atom is 0.434 e. The van der Waals surface area contributed by atoms with E-state index in [1.807, 2.05) is 0 Å². The molecule has 11 heteroatoms. The first-order valence-electron chi connectivity index (χ1n) is 11.4. The molecule has 0 radical (unpaired) electrons. The highest BCUT2D eigenvalue weighted by atomic mass is 19.4. The van der Waals surface area contributed by atoms with Crippen LogP contribution in [0.15, 0.2) is 73.2 Å². The molecule has 0 saturated heterocycles. The van der Waals surface area contributed by atoms with Gasteiger partial charge in [0.2, 0.25) is 11.9 Å². The molecule has 0 bridgehead atoms. The van der Waals surface area contributed by atoms with Gasteiger partial charge in [-0.3, -0.25) is 14.6 Å². The molecule has 192 valence electrons. The van der Waals surface area contributed by atoms with E-state index in [9.17, 15) is 27.2 Å². The first-order chi connectivity index (χ1) is 18.0. The van der Waals surface area contributed by atoms with Gasteiger partial charge in [-0.05, 0) is 67.4 Å². The minimum absolute atomic E-state index is 0.112. The van der Waals surface area contributed by atoms with Gasteiger partial charge in [-0.15, -0.1) is 0 Å². The largest absolute Gasteiger partial charge is 0.434 e. The maximum absolute atomic E-state index is 13.8. The fraction of sp³-hybridized carbons (Fsp3) is 0.148. The van der Waals surface area contributed by atoms with Gasteiger partial charge in [-0.25, -0.2) is 19.3 Å². The van der Waals surface area contributed by atoms with Crippen LogP contribution in [0.1, 0.15) is 35.5 Å². The van der Waals surface area contributed by atoms with Crippen LogP contribution in [0, 0.1) is 5.82 Å². The van der Waals surface area contributed by atoms with Crippen LogP contribution in [0.5, 0.6) is 0 Å². The summed E-state index contributed by atoms with van der Waals surface area (Å²) in [5.74, 6) is -1.79. The standard InChI is InChI=1S/C27H19F4N5O2/c1-26(2)21-18(5-3-6-20(21)36(24(26)38)25-32-11-4-12-33-25)15-13-19(22(34-14-15)27(29,30)31)23(37)35-17-9-7-16(28)8-10-17/h3-14H,1-2H3,(H,35,37). The third-order valence-electron chi connectivity index (χ3n) is 6.21. The third kappa shape index (κ3) is 4.25. The average Bonchev–Trinajstić information content (AvgIpc) is 3.10. The van der Waals surface area contributed by atoms with Gasteiger partial charge in [0, 0.05) is 29.8 Å². The van der Waals surface area contributed by atoms with Crippen LogP contribution in [0.4, 0.5) is 34.9 Å². The molecule has 0 spiro atoms. The van der Waals surface area contributed by atoms with E-state index < -0.39 is 34.6 Å². The number of fused-ring (bicyclic) bond motifs is 1. The first kappa shape index (κ1) is 25.0. The van der Waals surface area contributed by atoms with Crippen LogP contribution in [-0.2, 0) is 16.4 Å². The van der Waals surface area contributed by atoms with E-state index in [1.165, 1.54) is 29.4 Å². The fourth-order valence-corrected chi connectivity index (χ4v) is 4.47. The van der Waals surface area contributed by atoms with E-state index >= 15 is 0 Å². The van der Waals surface area contributed by atoms with Crippen molar-refractivity contribution in [3.8, 4) is 11.1 Å². The summed E-state index contributed by atoms with van der Waals surface area (Å²) in [6.07, 6.45) is -0.898. The second-order valence-corrected chi connectivity index (χ2v) is 9.09. The molecule has 1 N–H and O–H groups in total. The zero-order valence-electron chi connectivity index (χ0n) is 20.0. The second-order valence-electron chi connectivity index (χ2n) is 9.09. The van der Waals surface area contributed by atoms with Crippen LogP contribution in [0.3, 0.4) is 0 Å². The lowest BCUT2D eigenvalue weighted by molar-refractivity contribution is -0.141. The topological polar surface area (TPSA) is 88.1 Å². The Hall–Kier alpha value is -4.67. The van der Waals surface area contributed by atoms with Crippen molar-refractivity contribution in [1.29, 1.82) is 0 Å². The predicted molar refractivity (Wildman–Crippen MR) is 131 cm³/mol. The lowest BCUT2D eigenvalue weighted by atomic mass is 9.81. The predicted octanol–water partition coefficient (Wildman–Crippen LogP) is 5.90. The molecule has 5 rings (SSSR count). The molecule has 0 atom stereocenters. The van der Waals surface area contributed by atoms with Gasteiger partial charge in [0.1, 0.15) is 5.82 Å². The van der Waals surface area contributed by atoms with Crippen molar-refractivity contribution in [2.75, 3.05) is 10.2 Å². The Morgan fingerprint density at radius 3 is 2.32 bits per heavy atom. The molecule has 0 fully saturated rings. The number of nitrogens with zero attached hydrogens (tertiary/aromatic N) is 4. The molecule has 38 heavy (non-hydrogen) atoms. The summed E-state index contributed by atoms with van der Waals surface area (Å²) >= 11 is 0. The lowest BCUT2D eigenvalue weighted by Gasteiger charge is -2.20. The van der Waals surface area contributed by atoms with Crippen LogP contribution in [0.2, 0.25) is 0 Å². The normalized spacial score (nSPS) is 14.4. The molecule has 1 aliphatic rings. The minimum atomic E-state index is -4.91. The second kappa shape index (κ2) is 9.02. The van der Waals surface area contributed by atoms with Gasteiger partial charge in [-0.2, -0.15) is 13.2 Å². The number of hydrogen-bond donors (Lipinski definition) is 1. The summed E-state index contributed by atoms with van der Waals surface area (Å²) in [5, 5.41) is 2.36. The molecule has 0 unspecified atom stereocenters. The van der Waals surface area contributed by atoms with Crippen LogP contribution in [0.25, 0.3) is 11.1 Å². The molecule has 1 aliphatic heterocycles. The molecular weight excluding hydrogens is 502 g/mol. The molecule has 0 saturated carbocycles. The van der Waals surface area contributed by atoms with Gasteiger partial charge in [0.25, 0.3) is 5.91 Å². The van der Waals surface area contributed by atoms with Gasteiger partial charge >= 0.3 is 6.18 Å². The van der Waals surface area contributed by atoms with Crippen molar-refractivity contribution in [3.63, 3.8) is 0 Å². The number of alkyl halides is 3. The Morgan fingerprint density at radius 1 is 0.974 bits per heavy atom. The Bertz CT molecular complexity index is 1550. The van der Waals surface area contributed by atoms with Gasteiger partial charge < -0.3 is 5.32 Å². The summed E-state index contributed by atoms with van der Waals surface area (Å²) in [4.78, 5) is 39.7. The Balaban J connectivity index is 1.64. The number of aromatic nitrogens is 3. The van der Waals surface area contributed by atoms with Crippen molar-refractivity contribution in [1.82, 2.24) is 15.0 Å². The lowest BCUT2D eigenvalue weighted by Crippen LogP contribution is -2.34. The number of benzene rings is 2. The number of carbonyl (C=O) groups excluding carboxylic acids is 2. The van der Waals surface area contributed by atoms with Crippen LogP contribution < -0.4 is 10.2 Å². The van der Waals surface area contributed by atoms with Gasteiger partial charge in [-0.1, -0.05) is 12.1 Å². The molecule has 4 aromatic rings. The zero-order chi connectivity index (χ0) is 27.2. The third-order valence-corrected chi connectivity index (χ3v) is 6.21. The van der Waals surface area contributed by atoms with E-state index in [-0.39, 0.29) is 23.1 Å². The number of pyridine rings is 1. The Kier molecular flexibility index (Phi) is 5.93. The number of nitrogens with one attached hydrogen (secondary N) is 1. The van der Waals surface area contributed by atoms with Crippen LogP contribution in [-0.4, -0.2) is 26.8 Å². The monoisotopic (exact) mass is 521 g/mol. The fourth-order valence-electron chi connectivity index (χ4n) is 4.47. The summed E-state index contributed by atoms with van der Waals surface area (Å²) in [7, 11) is 0. The molecule has 7 nitrogen and oxygen atoms in total. The van der Waals surface area contributed by atoms with E-state index in [0.717, 1.165) is 24.4 Å². The number of rotatable bonds is 4. The van der Waals surface area contributed by atoms with Crippen molar-refractivity contribution in [2.24, 2.45) is 0 Å². The van der Waals surface area contributed by atoms with Crippen molar-refractivity contribution >= 4 is 29.1 Å². The minimum Gasteiger partial charge on any atom is -0.322 e. The SMILES string of the molecule is CC1(C)C(=O)N(c2ncccn2)c2cccc(-c3cnc(C(F)(F)F)c(C(=O)Nc4ccc(F)cc4)c3)c21.